The molecule has 0 spiro atoms. The molecular weight excluding hydrogens is 330 g/mol. The molecule has 0 aliphatic carbocycles. The molecule has 26 heavy (non-hydrogen) atoms. The number of pyridine rings is 1. The summed E-state index contributed by atoms with van der Waals surface area (Å²) in [4.78, 5) is 32.8. The molecule has 2 aromatic rings. The zero-order valence-corrected chi connectivity index (χ0v) is 15.1. The zero-order valence-electron chi connectivity index (χ0n) is 15.1. The Hall–Kier alpha value is -2.89. The molecule has 1 aromatic heterocycles. The highest BCUT2D eigenvalue weighted by atomic mass is 16.5. The largest absolute Gasteiger partial charge is 0.481 e. The van der Waals surface area contributed by atoms with Crippen LogP contribution in [0.3, 0.4) is 0 Å². The highest BCUT2D eigenvalue weighted by Gasteiger charge is 2.25. The van der Waals surface area contributed by atoms with Gasteiger partial charge in [0.2, 0.25) is 5.88 Å². The van der Waals surface area contributed by atoms with E-state index in [1.165, 1.54) is 18.9 Å². The first-order valence-electron chi connectivity index (χ1n) is 8.80. The molecule has 6 nitrogen and oxygen atoms in total. The van der Waals surface area contributed by atoms with E-state index in [-0.39, 0.29) is 11.8 Å². The van der Waals surface area contributed by atoms with Crippen molar-refractivity contribution in [2.45, 2.75) is 13.3 Å². The van der Waals surface area contributed by atoms with Crippen LogP contribution < -0.4 is 4.74 Å². The van der Waals surface area contributed by atoms with Crippen LogP contribution in [0.5, 0.6) is 5.88 Å². The number of benzene rings is 1. The lowest BCUT2D eigenvalue weighted by atomic mass is 10.1. The van der Waals surface area contributed by atoms with Crippen LogP contribution in [0.15, 0.2) is 42.6 Å². The Morgan fingerprint density at radius 3 is 1.92 bits per heavy atom. The van der Waals surface area contributed by atoms with E-state index in [1.54, 1.807) is 21.9 Å². The number of aromatic nitrogens is 1. The number of carbonyl (C=O) groups excluding carboxylic acids is 2. The summed E-state index contributed by atoms with van der Waals surface area (Å²) in [6.45, 7) is 4.19. The fraction of sp³-hybridized carbons (Fsp3) is 0.350. The van der Waals surface area contributed by atoms with Gasteiger partial charge in [-0.1, -0.05) is 19.1 Å². The van der Waals surface area contributed by atoms with Gasteiger partial charge in [0.1, 0.15) is 0 Å². The van der Waals surface area contributed by atoms with Gasteiger partial charge in [0.25, 0.3) is 11.8 Å². The van der Waals surface area contributed by atoms with Gasteiger partial charge in [0, 0.05) is 44.0 Å². The third-order valence-corrected chi connectivity index (χ3v) is 4.66. The summed E-state index contributed by atoms with van der Waals surface area (Å²) in [6.07, 6.45) is 2.48. The minimum atomic E-state index is -0.0699. The number of amides is 2. The number of piperazine rings is 1. The van der Waals surface area contributed by atoms with E-state index in [0.717, 1.165) is 6.42 Å². The summed E-state index contributed by atoms with van der Waals surface area (Å²) < 4.78 is 5.01. The first kappa shape index (κ1) is 17.9. The van der Waals surface area contributed by atoms with E-state index >= 15 is 0 Å². The van der Waals surface area contributed by atoms with Crippen LogP contribution in [0.25, 0.3) is 0 Å². The Bertz CT molecular complexity index is 696. The van der Waals surface area contributed by atoms with Gasteiger partial charge in [0.05, 0.1) is 12.7 Å². The van der Waals surface area contributed by atoms with Gasteiger partial charge in [-0.3, -0.25) is 9.59 Å². The molecule has 1 aliphatic rings. The molecule has 136 valence electrons. The van der Waals surface area contributed by atoms with E-state index in [2.05, 4.69) is 11.9 Å². The van der Waals surface area contributed by atoms with Crippen LogP contribution >= 0.6 is 0 Å². The van der Waals surface area contributed by atoms with Crippen LogP contribution in [0.4, 0.5) is 0 Å². The molecule has 1 aliphatic heterocycles. The maximum Gasteiger partial charge on any atom is 0.255 e. The second kappa shape index (κ2) is 7.99. The predicted molar refractivity (Wildman–Crippen MR) is 98.4 cm³/mol. The standard InChI is InChI=1S/C20H23N3O3/c1-3-15-4-6-16(7-5-15)19(24)22-10-12-23(13-11-22)20(25)17-8-9-18(26-2)21-14-17/h4-9,14H,3,10-13H2,1-2H3. The summed E-state index contributed by atoms with van der Waals surface area (Å²) in [5.41, 5.74) is 2.44. The second-order valence-electron chi connectivity index (χ2n) is 6.22. The van der Waals surface area contributed by atoms with E-state index in [1.807, 2.05) is 24.3 Å². The lowest BCUT2D eigenvalue weighted by molar-refractivity contribution is 0.0535. The molecule has 0 bridgehead atoms. The lowest BCUT2D eigenvalue weighted by Gasteiger charge is -2.34. The number of carbonyl (C=O) groups is 2. The van der Waals surface area contributed by atoms with E-state index < -0.39 is 0 Å². The van der Waals surface area contributed by atoms with Gasteiger partial charge in [-0.25, -0.2) is 4.98 Å². The molecule has 0 unspecified atom stereocenters. The van der Waals surface area contributed by atoms with Crippen molar-refractivity contribution in [3.8, 4) is 5.88 Å². The molecule has 0 radical (unpaired) electrons. The highest BCUT2D eigenvalue weighted by Crippen LogP contribution is 2.14. The van der Waals surface area contributed by atoms with E-state index in [9.17, 15) is 9.59 Å². The highest BCUT2D eigenvalue weighted by molar-refractivity contribution is 5.95. The smallest absolute Gasteiger partial charge is 0.255 e. The summed E-state index contributed by atoms with van der Waals surface area (Å²) in [7, 11) is 1.54. The number of hydrogen-bond acceptors (Lipinski definition) is 4. The average molecular weight is 353 g/mol. The fourth-order valence-corrected chi connectivity index (χ4v) is 2.99. The Morgan fingerprint density at radius 2 is 1.46 bits per heavy atom. The molecule has 1 fully saturated rings. The van der Waals surface area contributed by atoms with Crippen LogP contribution in [-0.2, 0) is 6.42 Å². The Kier molecular flexibility index (Phi) is 5.51. The molecule has 0 atom stereocenters. The quantitative estimate of drug-likeness (QED) is 0.846. The van der Waals surface area contributed by atoms with Gasteiger partial charge < -0.3 is 14.5 Å². The molecule has 6 heteroatoms. The van der Waals surface area contributed by atoms with Gasteiger partial charge >= 0.3 is 0 Å². The Morgan fingerprint density at radius 1 is 0.923 bits per heavy atom. The number of ether oxygens (including phenoxy) is 1. The summed E-state index contributed by atoms with van der Waals surface area (Å²) in [5, 5.41) is 0. The third kappa shape index (κ3) is 3.85. The maximum absolute atomic E-state index is 12.6. The Balaban J connectivity index is 1.59. The average Bonchev–Trinajstić information content (AvgIpc) is 2.73. The number of nitrogens with zero attached hydrogens (tertiary/aromatic N) is 3. The minimum absolute atomic E-state index is 0.0193. The molecule has 0 N–H and O–H groups in total. The SMILES string of the molecule is CCc1ccc(C(=O)N2CCN(C(=O)c3ccc(OC)nc3)CC2)cc1. The fourth-order valence-electron chi connectivity index (χ4n) is 2.99. The van der Waals surface area contributed by atoms with Crippen LogP contribution in [0.2, 0.25) is 0 Å². The summed E-state index contributed by atoms with van der Waals surface area (Å²) >= 11 is 0. The van der Waals surface area contributed by atoms with Crippen LogP contribution in [-0.4, -0.2) is 59.9 Å². The van der Waals surface area contributed by atoms with Crippen molar-refractivity contribution in [2.24, 2.45) is 0 Å². The van der Waals surface area contributed by atoms with Gasteiger partial charge in [-0.05, 0) is 30.2 Å². The van der Waals surface area contributed by atoms with Gasteiger partial charge in [-0.15, -0.1) is 0 Å². The molecule has 1 aromatic carbocycles. The van der Waals surface area contributed by atoms with Crippen molar-refractivity contribution in [3.05, 3.63) is 59.3 Å². The van der Waals surface area contributed by atoms with Crippen LogP contribution in [0.1, 0.15) is 33.2 Å². The number of aryl methyl sites for hydroxylation is 1. The maximum atomic E-state index is 12.6. The van der Waals surface area contributed by atoms with E-state index in [4.69, 9.17) is 4.74 Å². The van der Waals surface area contributed by atoms with Gasteiger partial charge in [-0.2, -0.15) is 0 Å². The lowest BCUT2D eigenvalue weighted by Crippen LogP contribution is -2.50. The molecule has 1 saturated heterocycles. The van der Waals surface area contributed by atoms with Crippen molar-refractivity contribution in [1.82, 2.24) is 14.8 Å². The first-order valence-corrected chi connectivity index (χ1v) is 8.80. The van der Waals surface area contributed by atoms with Crippen molar-refractivity contribution in [3.63, 3.8) is 0 Å². The monoisotopic (exact) mass is 353 g/mol. The molecule has 2 amide bonds. The van der Waals surface area contributed by atoms with Crippen molar-refractivity contribution in [2.75, 3.05) is 33.3 Å². The molecule has 2 heterocycles. The van der Waals surface area contributed by atoms with E-state index in [0.29, 0.717) is 43.2 Å². The number of rotatable bonds is 4. The predicted octanol–water partition coefficient (Wildman–Crippen LogP) is 2.25. The first-order chi connectivity index (χ1) is 12.6. The van der Waals surface area contributed by atoms with Crippen molar-refractivity contribution >= 4 is 11.8 Å². The molecule has 0 saturated carbocycles. The number of methoxy groups -OCH3 is 1. The zero-order chi connectivity index (χ0) is 18.5. The van der Waals surface area contributed by atoms with Crippen molar-refractivity contribution < 1.29 is 14.3 Å². The van der Waals surface area contributed by atoms with Crippen LogP contribution in [0, 0.1) is 0 Å². The summed E-state index contributed by atoms with van der Waals surface area (Å²) in [5.74, 6) is 0.427. The second-order valence-corrected chi connectivity index (χ2v) is 6.22. The third-order valence-electron chi connectivity index (χ3n) is 4.66. The normalized spacial score (nSPS) is 14.2. The topological polar surface area (TPSA) is 62.7 Å². The summed E-state index contributed by atoms with van der Waals surface area (Å²) in [6, 6.07) is 11.1. The molecular formula is C20H23N3O3. The van der Waals surface area contributed by atoms with Crippen molar-refractivity contribution in [1.29, 1.82) is 0 Å². The number of hydrogen-bond donors (Lipinski definition) is 0. The minimum Gasteiger partial charge on any atom is -0.481 e. The van der Waals surface area contributed by atoms with Gasteiger partial charge in [0.15, 0.2) is 0 Å². The Labute approximate surface area is 153 Å². The molecule has 3 rings (SSSR count).